The number of primary amides is 1. The number of aromatic nitrogens is 5. The topological polar surface area (TPSA) is 300 Å². The highest BCUT2D eigenvalue weighted by Crippen LogP contribution is 2.32. The van der Waals surface area contributed by atoms with Crippen LogP contribution in [0.3, 0.4) is 0 Å². The summed E-state index contributed by atoms with van der Waals surface area (Å²) in [7, 11) is 0. The molecule has 7 N–H and O–H groups in total. The van der Waals surface area contributed by atoms with Crippen LogP contribution in [0, 0.1) is 32.1 Å². The fraction of sp³-hybridized carbons (Fsp3) is 0.530. The number of aliphatic hydroxyl groups excluding tert-OH is 1. The Labute approximate surface area is 535 Å². The number of benzene rings is 2. The maximum absolute atomic E-state index is 14.0. The Morgan fingerprint density at radius 3 is 2.05 bits per heavy atom. The van der Waals surface area contributed by atoms with Crippen LogP contribution in [-0.4, -0.2) is 193 Å². The summed E-state index contributed by atoms with van der Waals surface area (Å²) in [5.41, 5.74) is 14.6. The number of rotatable bonds is 33. The molecule has 1 unspecified atom stereocenters. The van der Waals surface area contributed by atoms with Gasteiger partial charge in [0.1, 0.15) is 17.9 Å². The first-order valence-corrected chi connectivity index (χ1v) is 32.2. The first kappa shape index (κ1) is 69.4. The lowest BCUT2D eigenvalue weighted by atomic mass is 9.85. The van der Waals surface area contributed by atoms with Crippen molar-refractivity contribution in [1.82, 2.24) is 50.5 Å². The molecule has 0 aliphatic carbocycles. The van der Waals surface area contributed by atoms with Crippen LogP contribution >= 0.6 is 11.3 Å². The number of nitrogens with zero attached hydrogens (tertiary/aromatic N) is 7. The van der Waals surface area contributed by atoms with Crippen molar-refractivity contribution in [3.8, 4) is 21.6 Å². The van der Waals surface area contributed by atoms with E-state index in [-0.39, 0.29) is 81.6 Å². The minimum absolute atomic E-state index is 0.00959. The molecule has 8 rings (SSSR count). The van der Waals surface area contributed by atoms with E-state index < -0.39 is 41.3 Å². The number of nitrogens with two attached hydrogens (primary N) is 1. The summed E-state index contributed by atoms with van der Waals surface area (Å²) in [6.07, 6.45) is 3.34. The Balaban J connectivity index is 0.646. The van der Waals surface area contributed by atoms with Gasteiger partial charge in [0.15, 0.2) is 0 Å². The molecule has 2 aliphatic rings. The van der Waals surface area contributed by atoms with Crippen molar-refractivity contribution in [2.24, 2.45) is 17.1 Å². The predicted molar refractivity (Wildman–Crippen MR) is 347 cm³/mol. The molecule has 5 amide bonds. The van der Waals surface area contributed by atoms with E-state index in [9.17, 15) is 33.9 Å². The molecule has 2 aromatic carbocycles. The molecule has 6 heterocycles. The number of ether oxygens (including phenoxy) is 5. The Kier molecular flexibility index (Phi) is 25.3. The number of aliphatic hydroxyl groups is 1. The molecule has 4 atom stereocenters. The lowest BCUT2D eigenvalue weighted by molar-refractivity contribution is -0.144. The molecule has 2 saturated heterocycles. The number of hydrogen-bond acceptors (Lipinski definition) is 18. The second-order valence-corrected chi connectivity index (χ2v) is 25.5. The average Bonchev–Trinajstić information content (AvgIpc) is 1.75. The number of thiazole rings is 1. The fourth-order valence-electron chi connectivity index (χ4n) is 11.2. The van der Waals surface area contributed by atoms with Crippen molar-refractivity contribution >= 4 is 57.6 Å². The number of carbonyl (C=O) groups is 5. The van der Waals surface area contributed by atoms with E-state index in [0.717, 1.165) is 87.0 Å². The van der Waals surface area contributed by atoms with E-state index >= 15 is 0 Å². The summed E-state index contributed by atoms with van der Waals surface area (Å²) in [6, 6.07) is 15.9. The Bertz CT molecular complexity index is 3450. The number of carbonyl (C=O) groups excluding carboxylic acids is 5. The summed E-state index contributed by atoms with van der Waals surface area (Å²) in [4.78, 5) is 98.4. The van der Waals surface area contributed by atoms with Gasteiger partial charge < -0.3 is 65.3 Å². The smallest absolute Gasteiger partial charge is 0.253 e. The predicted octanol–water partition coefficient (Wildman–Crippen LogP) is 5.24. The van der Waals surface area contributed by atoms with Crippen molar-refractivity contribution in [3.63, 3.8) is 0 Å². The number of piperazine rings is 1. The number of β-amino-alcohol motifs (C(OH)–C–C–N with tert-alkyl or cyclic N) is 1. The number of hydrogen-bond donors (Lipinski definition) is 6. The summed E-state index contributed by atoms with van der Waals surface area (Å²) in [5, 5.41) is 24.7. The average molecular weight is 1280 g/mol. The number of nitrogens with one attached hydrogen (secondary N) is 4. The minimum Gasteiger partial charge on any atom is -0.391 e. The number of aromatic amines is 1. The molecule has 492 valence electrons. The van der Waals surface area contributed by atoms with Gasteiger partial charge in [-0.05, 0) is 106 Å². The molecule has 0 spiro atoms. The van der Waals surface area contributed by atoms with Gasteiger partial charge >= 0.3 is 0 Å². The zero-order valence-electron chi connectivity index (χ0n) is 53.7. The Hall–Kier alpha value is -7.49. The van der Waals surface area contributed by atoms with E-state index in [1.54, 1.807) is 17.5 Å². The number of amides is 5. The van der Waals surface area contributed by atoms with Gasteiger partial charge in [0.05, 0.1) is 111 Å². The SMILES string of the molecule is Cc1cc(C)c(CNC(=O)c2cc(-c3ccc(N4CCN(CCC(COCCOCCOCCOCCOCCC(=O)N[C@H](C(=O)N5C[C@H](O)C[C@H]5C(=O)NCc5ccc(-c6scnc6C)cc5)C(C)(C)C)C(N)=O)CC4)nc3)cc3c2cnn3C(C)C)c(=O)[nH]1. The lowest BCUT2D eigenvalue weighted by Crippen LogP contribution is -2.57. The highest BCUT2D eigenvalue weighted by molar-refractivity contribution is 7.13. The van der Waals surface area contributed by atoms with Crippen molar-refractivity contribution in [2.45, 2.75) is 112 Å². The summed E-state index contributed by atoms with van der Waals surface area (Å²) >= 11 is 1.57. The molecule has 6 aromatic rings. The van der Waals surface area contributed by atoms with E-state index in [1.807, 2.05) is 126 Å². The zero-order chi connectivity index (χ0) is 65.2. The van der Waals surface area contributed by atoms with Gasteiger partial charge in [0.2, 0.25) is 23.6 Å². The summed E-state index contributed by atoms with van der Waals surface area (Å²) < 4.78 is 30.2. The normalized spacial score (nSPS) is 16.2. The molecule has 24 nitrogen and oxygen atoms in total. The number of aryl methyl sites for hydroxylation is 3. The van der Waals surface area contributed by atoms with Crippen LogP contribution < -0.4 is 32.1 Å². The molecule has 4 aromatic heterocycles. The van der Waals surface area contributed by atoms with Gasteiger partial charge in [-0.1, -0.05) is 45.0 Å². The van der Waals surface area contributed by atoms with Crippen LogP contribution in [0.2, 0.25) is 0 Å². The summed E-state index contributed by atoms with van der Waals surface area (Å²) in [5.74, 6) is -1.48. The van der Waals surface area contributed by atoms with Crippen molar-refractivity contribution in [1.29, 1.82) is 0 Å². The van der Waals surface area contributed by atoms with Gasteiger partial charge in [-0.3, -0.25) is 38.3 Å². The van der Waals surface area contributed by atoms with Crippen LogP contribution in [0.5, 0.6) is 0 Å². The van der Waals surface area contributed by atoms with Crippen molar-refractivity contribution in [3.05, 3.63) is 116 Å². The monoisotopic (exact) mass is 1270 g/mol. The number of pyridine rings is 2. The number of anilines is 1. The van der Waals surface area contributed by atoms with E-state index in [2.05, 4.69) is 40.8 Å². The van der Waals surface area contributed by atoms with Crippen LogP contribution in [0.15, 0.2) is 77.3 Å². The van der Waals surface area contributed by atoms with Gasteiger partial charge in [-0.15, -0.1) is 11.3 Å². The molecule has 2 fully saturated rings. The molecular weight excluding hydrogens is 1180 g/mol. The first-order valence-electron chi connectivity index (χ1n) is 31.3. The molecule has 0 saturated carbocycles. The maximum Gasteiger partial charge on any atom is 0.253 e. The van der Waals surface area contributed by atoms with Crippen LogP contribution in [0.25, 0.3) is 32.5 Å². The summed E-state index contributed by atoms with van der Waals surface area (Å²) in [6.45, 7) is 22.2. The van der Waals surface area contributed by atoms with Crippen LogP contribution in [0.4, 0.5) is 5.82 Å². The third kappa shape index (κ3) is 19.5. The third-order valence-corrected chi connectivity index (χ3v) is 17.3. The van der Waals surface area contributed by atoms with Gasteiger partial charge in [0.25, 0.3) is 11.5 Å². The highest BCUT2D eigenvalue weighted by Gasteiger charge is 2.44. The molecule has 0 radical (unpaired) electrons. The Morgan fingerprint density at radius 1 is 0.791 bits per heavy atom. The molecule has 91 heavy (non-hydrogen) atoms. The van der Waals surface area contributed by atoms with Crippen LogP contribution in [-0.2, 0) is 56.0 Å². The quantitative estimate of drug-likeness (QED) is 0.0287. The molecule has 2 aliphatic heterocycles. The number of likely N-dealkylation sites (tertiary alicyclic amines) is 1. The fourth-order valence-corrected chi connectivity index (χ4v) is 12.0. The van der Waals surface area contributed by atoms with Crippen molar-refractivity contribution in [2.75, 3.05) is 110 Å². The van der Waals surface area contributed by atoms with Crippen molar-refractivity contribution < 1.29 is 52.8 Å². The standard InChI is InChI=1S/C66H90N12O12S/c1-42(2)78-55-33-50(32-52(54(55)38-72-78)62(82)70-37-53-43(3)31-44(4)73-63(53)83)48-13-14-57(68-36-48)76-20-18-75(19-21-76)17-15-49(61(67)81)40-90-30-29-89-28-27-88-26-25-87-24-23-86-22-16-58(80)74-60(66(6,7)8)65(85)77-39-51(79)34-56(77)64(84)69-35-46-9-11-47(12-10-46)59-45(5)71-41-91-59/h9-14,31-33,36,38,41-42,49,51,56,60,79H,15-30,34-35,37,39-40H2,1-8H3,(H2,67,81)(H,69,84)(H,70,82)(H,73,83)(H,74,80)/t49?,51-,56+,60-/m1/s1. The second kappa shape index (κ2) is 33.2. The van der Waals surface area contributed by atoms with Gasteiger partial charge in [-0.25, -0.2) is 9.97 Å². The van der Waals surface area contributed by atoms with Crippen LogP contribution in [0.1, 0.15) is 98.4 Å². The van der Waals surface area contributed by atoms with E-state index in [1.165, 1.54) is 4.90 Å². The minimum atomic E-state index is -0.946. The number of fused-ring (bicyclic) bond motifs is 1. The second-order valence-electron chi connectivity index (χ2n) is 24.6. The zero-order valence-corrected chi connectivity index (χ0v) is 54.5. The van der Waals surface area contributed by atoms with E-state index in [0.29, 0.717) is 70.3 Å². The van der Waals surface area contributed by atoms with Gasteiger partial charge in [-0.2, -0.15) is 5.10 Å². The Morgan fingerprint density at radius 2 is 1.45 bits per heavy atom. The lowest BCUT2D eigenvalue weighted by Gasteiger charge is -2.35. The molecular formula is C66H90N12O12S. The number of H-pyrrole nitrogens is 1. The molecule has 25 heteroatoms. The van der Waals surface area contributed by atoms with E-state index in [4.69, 9.17) is 34.4 Å². The third-order valence-electron chi connectivity index (χ3n) is 16.3. The van der Waals surface area contributed by atoms with Gasteiger partial charge in [0, 0.05) is 93.1 Å². The molecule has 0 bridgehead atoms. The highest BCUT2D eigenvalue weighted by atomic mass is 32.1. The first-order chi connectivity index (χ1) is 43.6. The largest absolute Gasteiger partial charge is 0.391 e. The maximum atomic E-state index is 14.0.